The third-order valence-corrected chi connectivity index (χ3v) is 13.2. The fourth-order valence-corrected chi connectivity index (χ4v) is 10.8. The van der Waals surface area contributed by atoms with Gasteiger partial charge in [0.15, 0.2) is 9.84 Å². The van der Waals surface area contributed by atoms with Gasteiger partial charge < -0.3 is 0 Å². The van der Waals surface area contributed by atoms with Crippen molar-refractivity contribution in [2.24, 2.45) is 0 Å². The highest BCUT2D eigenvalue weighted by Gasteiger charge is 2.42. The van der Waals surface area contributed by atoms with Crippen LogP contribution in [0.5, 0.6) is 0 Å². The van der Waals surface area contributed by atoms with E-state index < -0.39 is 35.1 Å². The Bertz CT molecular complexity index is 1150. The second-order valence-corrected chi connectivity index (χ2v) is 14.6. The van der Waals surface area contributed by atoms with Gasteiger partial charge in [0, 0.05) is 26.2 Å². The Kier molecular flexibility index (Phi) is 6.18. The van der Waals surface area contributed by atoms with Crippen LogP contribution in [0, 0.1) is 34.6 Å². The number of hydrogen-bond acceptors (Lipinski definition) is 6. The number of rotatable bonds is 4. The lowest BCUT2D eigenvalue weighted by atomic mass is 9.95. The van der Waals surface area contributed by atoms with E-state index in [0.717, 1.165) is 27.8 Å². The molecule has 0 aliphatic carbocycles. The monoisotopic (exact) mass is 478 g/mol. The summed E-state index contributed by atoms with van der Waals surface area (Å²) in [5.41, 5.74) is 4.41. The summed E-state index contributed by atoms with van der Waals surface area (Å²) in [6, 6.07) is 0. The molecule has 2 saturated heterocycles. The number of sulfonamides is 2. The van der Waals surface area contributed by atoms with Crippen LogP contribution < -0.4 is 0 Å². The first-order valence-electron chi connectivity index (χ1n) is 9.96. The maximum atomic E-state index is 13.4. The van der Waals surface area contributed by atoms with Gasteiger partial charge in [0.25, 0.3) is 0 Å². The van der Waals surface area contributed by atoms with E-state index in [9.17, 15) is 25.3 Å². The largest absolute Gasteiger partial charge is 0.243 e. The summed E-state index contributed by atoms with van der Waals surface area (Å²) in [4.78, 5) is 0.307. The Hall–Kier alpha value is -1.01. The smallest absolute Gasteiger partial charge is 0.229 e. The van der Waals surface area contributed by atoms with Crippen molar-refractivity contribution in [2.45, 2.75) is 51.2 Å². The summed E-state index contributed by atoms with van der Waals surface area (Å²) in [6.07, 6.45) is 0.101. The van der Waals surface area contributed by atoms with Crippen molar-refractivity contribution in [3.05, 3.63) is 27.8 Å². The van der Waals surface area contributed by atoms with Crippen LogP contribution in [0.25, 0.3) is 0 Å². The lowest BCUT2D eigenvalue weighted by molar-refractivity contribution is 0.271. The number of nitrogens with zero attached hydrogens (tertiary/aromatic N) is 2. The van der Waals surface area contributed by atoms with Gasteiger partial charge in [0.1, 0.15) is 0 Å². The average molecular weight is 479 g/mol. The molecule has 2 aliphatic heterocycles. The molecule has 1 aromatic rings. The Balaban J connectivity index is 1.83. The molecule has 1 atom stereocenters. The summed E-state index contributed by atoms with van der Waals surface area (Å²) in [6.45, 7) is 9.57. The van der Waals surface area contributed by atoms with Gasteiger partial charge in [0.05, 0.1) is 21.7 Å². The van der Waals surface area contributed by atoms with Crippen LogP contribution in [0.3, 0.4) is 0 Å². The van der Waals surface area contributed by atoms with E-state index in [0.29, 0.717) is 4.90 Å². The molecule has 11 heteroatoms. The maximum absolute atomic E-state index is 13.4. The van der Waals surface area contributed by atoms with Crippen molar-refractivity contribution in [1.82, 2.24) is 8.61 Å². The molecule has 2 aliphatic rings. The van der Waals surface area contributed by atoms with E-state index in [1.54, 1.807) is 0 Å². The first kappa shape index (κ1) is 23.6. The number of sulfone groups is 1. The zero-order chi connectivity index (χ0) is 22.6. The zero-order valence-electron chi connectivity index (χ0n) is 18.1. The lowest BCUT2D eigenvalue weighted by Crippen LogP contribution is -2.52. The molecule has 30 heavy (non-hydrogen) atoms. The van der Waals surface area contributed by atoms with Gasteiger partial charge in [-0.3, -0.25) is 0 Å². The molecule has 0 radical (unpaired) electrons. The predicted molar refractivity (Wildman–Crippen MR) is 116 cm³/mol. The number of piperazine rings is 1. The molecule has 0 aromatic heterocycles. The van der Waals surface area contributed by atoms with E-state index in [1.165, 1.54) is 8.61 Å². The molecule has 0 N–H and O–H groups in total. The maximum Gasteiger partial charge on any atom is 0.243 e. The first-order chi connectivity index (χ1) is 13.7. The van der Waals surface area contributed by atoms with E-state index in [2.05, 4.69) is 0 Å². The molecule has 3 rings (SSSR count). The average Bonchev–Trinajstić information content (AvgIpc) is 3.05. The van der Waals surface area contributed by atoms with Crippen LogP contribution in [0.15, 0.2) is 4.90 Å². The molecule has 170 valence electrons. The Morgan fingerprint density at radius 3 is 1.60 bits per heavy atom. The second-order valence-electron chi connectivity index (χ2n) is 8.33. The van der Waals surface area contributed by atoms with Crippen LogP contribution in [0.1, 0.15) is 34.2 Å². The standard InChI is InChI=1S/C19H30N2O6S3/c1-13-14(2)16(4)19(17(5)15(13)3)30(26,27)21-9-7-20(8-10-21)29(24,25)18-6-11-28(22,23)12-18/h18H,6-12H2,1-5H3/t18-/m0/s1. The minimum atomic E-state index is -3.78. The highest BCUT2D eigenvalue weighted by atomic mass is 32.2. The van der Waals surface area contributed by atoms with Crippen LogP contribution in [0.4, 0.5) is 0 Å². The van der Waals surface area contributed by atoms with Crippen LogP contribution in [-0.4, -0.2) is 76.8 Å². The van der Waals surface area contributed by atoms with Crippen molar-refractivity contribution in [2.75, 3.05) is 37.7 Å². The summed E-state index contributed by atoms with van der Waals surface area (Å²) in [5, 5.41) is -0.933. The van der Waals surface area contributed by atoms with Crippen LogP contribution >= 0.6 is 0 Å². The van der Waals surface area contributed by atoms with Crippen LogP contribution in [0.2, 0.25) is 0 Å². The molecule has 0 bridgehead atoms. The van der Waals surface area contributed by atoms with Gasteiger partial charge in [0.2, 0.25) is 20.0 Å². The van der Waals surface area contributed by atoms with Crippen molar-refractivity contribution < 1.29 is 25.3 Å². The van der Waals surface area contributed by atoms with Gasteiger partial charge in [-0.05, 0) is 68.9 Å². The van der Waals surface area contributed by atoms with E-state index in [1.807, 2.05) is 34.6 Å². The molecular formula is C19H30N2O6S3. The second kappa shape index (κ2) is 7.84. The fourth-order valence-electron chi connectivity index (χ4n) is 4.35. The third kappa shape index (κ3) is 3.94. The van der Waals surface area contributed by atoms with Crippen molar-refractivity contribution in [3.8, 4) is 0 Å². The Morgan fingerprint density at radius 1 is 0.733 bits per heavy atom. The third-order valence-electron chi connectivity index (χ3n) is 6.70. The van der Waals surface area contributed by atoms with Crippen molar-refractivity contribution >= 4 is 29.9 Å². The van der Waals surface area contributed by atoms with E-state index in [-0.39, 0.29) is 44.1 Å². The lowest BCUT2D eigenvalue weighted by Gasteiger charge is -2.35. The van der Waals surface area contributed by atoms with E-state index >= 15 is 0 Å². The summed E-state index contributed by atoms with van der Waals surface area (Å²) in [5.74, 6) is -0.468. The predicted octanol–water partition coefficient (Wildman–Crippen LogP) is 1.05. The zero-order valence-corrected chi connectivity index (χ0v) is 20.5. The van der Waals surface area contributed by atoms with Gasteiger partial charge in [-0.25, -0.2) is 25.3 Å². The number of hydrogen-bond donors (Lipinski definition) is 0. The highest BCUT2D eigenvalue weighted by Crippen LogP contribution is 2.32. The van der Waals surface area contributed by atoms with Crippen molar-refractivity contribution in [1.29, 1.82) is 0 Å². The van der Waals surface area contributed by atoms with Gasteiger partial charge in [-0.1, -0.05) is 0 Å². The molecule has 0 amide bonds. The SMILES string of the molecule is Cc1c(C)c(C)c(S(=O)(=O)N2CCN(S(=O)(=O)[C@H]3CCS(=O)(=O)C3)CC2)c(C)c1C. The molecule has 0 unspecified atom stereocenters. The van der Waals surface area contributed by atoms with E-state index in [4.69, 9.17) is 0 Å². The summed E-state index contributed by atoms with van der Waals surface area (Å²) < 4.78 is 78.5. The summed E-state index contributed by atoms with van der Waals surface area (Å²) in [7, 11) is -10.9. The van der Waals surface area contributed by atoms with Gasteiger partial charge in [-0.2, -0.15) is 8.61 Å². The molecular weight excluding hydrogens is 448 g/mol. The van der Waals surface area contributed by atoms with Gasteiger partial charge >= 0.3 is 0 Å². The van der Waals surface area contributed by atoms with Gasteiger partial charge in [-0.15, -0.1) is 0 Å². The molecule has 2 heterocycles. The highest BCUT2D eigenvalue weighted by molar-refractivity contribution is 7.95. The molecule has 1 aromatic carbocycles. The number of benzene rings is 1. The Morgan fingerprint density at radius 2 is 1.17 bits per heavy atom. The topological polar surface area (TPSA) is 109 Å². The normalized spacial score (nSPS) is 23.7. The quantitative estimate of drug-likeness (QED) is 0.640. The first-order valence-corrected chi connectivity index (χ1v) is 14.7. The molecule has 2 fully saturated rings. The molecule has 0 spiro atoms. The fraction of sp³-hybridized carbons (Fsp3) is 0.684. The molecule has 8 nitrogen and oxygen atoms in total. The Labute approximate surface area is 180 Å². The minimum Gasteiger partial charge on any atom is -0.229 e. The minimum absolute atomic E-state index is 0.0278. The molecule has 0 saturated carbocycles. The summed E-state index contributed by atoms with van der Waals surface area (Å²) >= 11 is 0. The van der Waals surface area contributed by atoms with Crippen molar-refractivity contribution in [3.63, 3.8) is 0 Å². The van der Waals surface area contributed by atoms with Crippen LogP contribution in [-0.2, 0) is 29.9 Å².